The minimum atomic E-state index is -0.449. The second-order valence-corrected chi connectivity index (χ2v) is 5.21. The van der Waals surface area contributed by atoms with Crippen LogP contribution in [0.25, 0.3) is 11.2 Å². The highest BCUT2D eigenvalue weighted by molar-refractivity contribution is 5.87. The van der Waals surface area contributed by atoms with Crippen molar-refractivity contribution in [1.82, 2.24) is 19.9 Å². The molecule has 3 rings (SSSR count). The Hall–Kier alpha value is -2.44. The van der Waals surface area contributed by atoms with Gasteiger partial charge in [-0.2, -0.15) is 0 Å². The van der Waals surface area contributed by atoms with Crippen molar-refractivity contribution in [3.05, 3.63) is 24.2 Å². The molecule has 7 nitrogen and oxygen atoms in total. The van der Waals surface area contributed by atoms with E-state index < -0.39 is 11.9 Å². The highest BCUT2D eigenvalue weighted by atomic mass is 16.2. The van der Waals surface area contributed by atoms with Gasteiger partial charge in [-0.3, -0.25) is 9.59 Å². The lowest BCUT2D eigenvalue weighted by Gasteiger charge is -2.21. The van der Waals surface area contributed by atoms with Gasteiger partial charge in [0.15, 0.2) is 5.65 Å². The third-order valence-corrected chi connectivity index (χ3v) is 3.78. The van der Waals surface area contributed by atoms with Crippen molar-refractivity contribution in [2.24, 2.45) is 5.73 Å². The monoisotopic (exact) mass is 287 g/mol. The molecule has 0 aromatic carbocycles. The van der Waals surface area contributed by atoms with E-state index in [9.17, 15) is 9.59 Å². The summed E-state index contributed by atoms with van der Waals surface area (Å²) in [6, 6.07) is 3.27. The minimum absolute atomic E-state index is 0.0512. The molecule has 3 N–H and O–H groups in total. The SMILES string of the molecule is NC(=O)[C@H]1CCCN1C(=O)CCc1nc2ncccc2[nH]1. The summed E-state index contributed by atoms with van der Waals surface area (Å²) in [5.74, 6) is 0.255. The Kier molecular flexibility index (Phi) is 3.55. The number of aromatic nitrogens is 3. The molecule has 0 saturated carbocycles. The summed E-state index contributed by atoms with van der Waals surface area (Å²) >= 11 is 0. The molecule has 110 valence electrons. The molecular formula is C14H17N5O2. The summed E-state index contributed by atoms with van der Waals surface area (Å²) in [4.78, 5) is 36.7. The third kappa shape index (κ3) is 2.72. The van der Waals surface area contributed by atoms with E-state index in [4.69, 9.17) is 5.73 Å². The number of carbonyl (C=O) groups is 2. The summed E-state index contributed by atoms with van der Waals surface area (Å²) in [6.07, 6.45) is 3.98. The number of likely N-dealkylation sites (tertiary alicyclic amines) is 1. The first-order valence-electron chi connectivity index (χ1n) is 7.03. The van der Waals surface area contributed by atoms with Gasteiger partial charge in [-0.25, -0.2) is 9.97 Å². The molecule has 21 heavy (non-hydrogen) atoms. The topological polar surface area (TPSA) is 105 Å². The van der Waals surface area contributed by atoms with E-state index in [1.54, 1.807) is 11.1 Å². The fourth-order valence-corrected chi connectivity index (χ4v) is 2.74. The molecule has 0 unspecified atom stereocenters. The number of nitrogens with two attached hydrogens (primary N) is 1. The van der Waals surface area contributed by atoms with Gasteiger partial charge in [0.25, 0.3) is 0 Å². The van der Waals surface area contributed by atoms with Crippen molar-refractivity contribution in [3.8, 4) is 0 Å². The average Bonchev–Trinajstić information content (AvgIpc) is 3.10. The number of H-pyrrole nitrogens is 1. The second-order valence-electron chi connectivity index (χ2n) is 5.21. The van der Waals surface area contributed by atoms with Gasteiger partial charge in [-0.05, 0) is 25.0 Å². The first-order valence-corrected chi connectivity index (χ1v) is 7.03. The molecule has 0 aliphatic carbocycles. The number of hydrogen-bond acceptors (Lipinski definition) is 4. The number of carbonyl (C=O) groups excluding carboxylic acids is 2. The molecule has 0 bridgehead atoms. The van der Waals surface area contributed by atoms with Crippen molar-refractivity contribution < 1.29 is 9.59 Å². The van der Waals surface area contributed by atoms with E-state index in [-0.39, 0.29) is 5.91 Å². The van der Waals surface area contributed by atoms with Crippen LogP contribution < -0.4 is 5.73 Å². The van der Waals surface area contributed by atoms with Gasteiger partial charge in [0.1, 0.15) is 11.9 Å². The minimum Gasteiger partial charge on any atom is -0.368 e. The van der Waals surface area contributed by atoms with Gasteiger partial charge in [0, 0.05) is 25.6 Å². The molecule has 1 aliphatic rings. The fourth-order valence-electron chi connectivity index (χ4n) is 2.74. The molecule has 0 spiro atoms. The Bertz CT molecular complexity index is 648. The second kappa shape index (κ2) is 5.51. The van der Waals surface area contributed by atoms with Crippen LogP contribution >= 0.6 is 0 Å². The number of nitrogens with one attached hydrogen (secondary N) is 1. The largest absolute Gasteiger partial charge is 0.368 e. The van der Waals surface area contributed by atoms with Crippen LogP contribution in [-0.4, -0.2) is 44.3 Å². The van der Waals surface area contributed by atoms with Crippen LogP contribution in [0.3, 0.4) is 0 Å². The van der Waals surface area contributed by atoms with E-state index in [2.05, 4.69) is 15.0 Å². The Labute approximate surface area is 121 Å². The smallest absolute Gasteiger partial charge is 0.240 e. The van der Waals surface area contributed by atoms with Crippen molar-refractivity contribution in [2.45, 2.75) is 31.7 Å². The highest BCUT2D eigenvalue weighted by Gasteiger charge is 2.32. The van der Waals surface area contributed by atoms with Crippen LogP contribution in [0.1, 0.15) is 25.1 Å². The van der Waals surface area contributed by atoms with Crippen LogP contribution in [0, 0.1) is 0 Å². The van der Waals surface area contributed by atoms with Gasteiger partial charge in [-0.1, -0.05) is 0 Å². The number of primary amides is 1. The Morgan fingerprint density at radius 1 is 1.48 bits per heavy atom. The molecular weight excluding hydrogens is 270 g/mol. The van der Waals surface area contributed by atoms with Crippen LogP contribution in [0.15, 0.2) is 18.3 Å². The van der Waals surface area contributed by atoms with Crippen molar-refractivity contribution in [3.63, 3.8) is 0 Å². The van der Waals surface area contributed by atoms with Crippen LogP contribution in [-0.2, 0) is 16.0 Å². The number of amides is 2. The normalized spacial score (nSPS) is 18.3. The maximum atomic E-state index is 12.2. The first kappa shape index (κ1) is 13.5. The summed E-state index contributed by atoms with van der Waals surface area (Å²) in [6.45, 7) is 0.605. The van der Waals surface area contributed by atoms with Crippen LogP contribution in [0.4, 0.5) is 0 Å². The number of aromatic amines is 1. The standard InChI is InChI=1S/C14H17N5O2/c15-13(21)10-4-2-8-19(10)12(20)6-5-11-17-9-3-1-7-16-14(9)18-11/h1,3,7,10H,2,4-6,8H2,(H2,15,21)(H,16,17,18)/t10-/m1/s1. The summed E-state index contributed by atoms with van der Waals surface area (Å²) < 4.78 is 0. The molecule has 7 heteroatoms. The summed E-state index contributed by atoms with van der Waals surface area (Å²) in [7, 11) is 0. The lowest BCUT2D eigenvalue weighted by atomic mass is 10.2. The van der Waals surface area contributed by atoms with Crippen molar-refractivity contribution >= 4 is 23.0 Å². The van der Waals surface area contributed by atoms with Gasteiger partial charge in [0.05, 0.1) is 5.52 Å². The number of nitrogens with zero attached hydrogens (tertiary/aromatic N) is 3. The van der Waals surface area contributed by atoms with Gasteiger partial charge in [0.2, 0.25) is 11.8 Å². The number of hydrogen-bond donors (Lipinski definition) is 2. The van der Waals surface area contributed by atoms with E-state index in [0.29, 0.717) is 31.5 Å². The van der Waals surface area contributed by atoms with E-state index in [1.807, 2.05) is 12.1 Å². The lowest BCUT2D eigenvalue weighted by Crippen LogP contribution is -2.43. The zero-order valence-electron chi connectivity index (χ0n) is 11.6. The predicted molar refractivity (Wildman–Crippen MR) is 76.1 cm³/mol. The Balaban J connectivity index is 1.64. The van der Waals surface area contributed by atoms with E-state index >= 15 is 0 Å². The fraction of sp³-hybridized carbons (Fsp3) is 0.429. The molecule has 0 radical (unpaired) electrons. The van der Waals surface area contributed by atoms with E-state index in [1.165, 1.54) is 0 Å². The molecule has 3 heterocycles. The maximum Gasteiger partial charge on any atom is 0.240 e. The maximum absolute atomic E-state index is 12.2. The zero-order chi connectivity index (χ0) is 14.8. The number of rotatable bonds is 4. The van der Waals surface area contributed by atoms with Crippen molar-refractivity contribution in [2.75, 3.05) is 6.54 Å². The number of aryl methyl sites for hydroxylation is 1. The summed E-state index contributed by atoms with van der Waals surface area (Å²) in [5, 5.41) is 0. The quantitative estimate of drug-likeness (QED) is 0.847. The molecule has 2 amide bonds. The summed E-state index contributed by atoms with van der Waals surface area (Å²) in [5.41, 5.74) is 6.83. The van der Waals surface area contributed by atoms with Gasteiger partial charge < -0.3 is 15.6 Å². The molecule has 1 fully saturated rings. The number of pyridine rings is 1. The van der Waals surface area contributed by atoms with E-state index in [0.717, 1.165) is 17.8 Å². The molecule has 2 aromatic heterocycles. The van der Waals surface area contributed by atoms with Crippen molar-refractivity contribution in [1.29, 1.82) is 0 Å². The lowest BCUT2D eigenvalue weighted by molar-refractivity contribution is -0.137. The highest BCUT2D eigenvalue weighted by Crippen LogP contribution is 2.18. The number of fused-ring (bicyclic) bond motifs is 1. The molecule has 1 aliphatic heterocycles. The zero-order valence-corrected chi connectivity index (χ0v) is 11.6. The molecule has 1 atom stereocenters. The third-order valence-electron chi connectivity index (χ3n) is 3.78. The number of imidazole rings is 1. The van der Waals surface area contributed by atoms with Crippen LogP contribution in [0.5, 0.6) is 0 Å². The van der Waals surface area contributed by atoms with Crippen LogP contribution in [0.2, 0.25) is 0 Å². The predicted octanol–water partition coefficient (Wildman–Crippen LogP) is 0.367. The molecule has 1 saturated heterocycles. The van der Waals surface area contributed by atoms with Gasteiger partial charge in [-0.15, -0.1) is 0 Å². The Morgan fingerprint density at radius 2 is 2.33 bits per heavy atom. The first-order chi connectivity index (χ1) is 10.1. The average molecular weight is 287 g/mol. The Morgan fingerprint density at radius 3 is 3.10 bits per heavy atom. The van der Waals surface area contributed by atoms with Gasteiger partial charge >= 0.3 is 0 Å². The molecule has 2 aromatic rings.